The molecular weight excluding hydrogens is 130 g/mol. The number of rotatable bonds is 0. The van der Waals surface area contributed by atoms with Crippen molar-refractivity contribution >= 4 is 0 Å². The van der Waals surface area contributed by atoms with Gasteiger partial charge in [-0.1, -0.05) is 0 Å². The Kier molecular flexibility index (Phi) is 4.18. The second kappa shape index (κ2) is 3.87. The van der Waals surface area contributed by atoms with E-state index in [1.54, 1.807) is 0 Å². The van der Waals surface area contributed by atoms with E-state index in [1.807, 2.05) is 0 Å². The van der Waals surface area contributed by atoms with Gasteiger partial charge in [0.1, 0.15) is 24.3 Å². The molecule has 0 heterocycles. The predicted molar refractivity (Wildman–Crippen MR) is 29.9 cm³/mol. The van der Waals surface area contributed by atoms with Crippen LogP contribution in [0.3, 0.4) is 0 Å². The Morgan fingerprint density at radius 2 is 0.900 bits per heavy atom. The van der Waals surface area contributed by atoms with Gasteiger partial charge in [-0.05, 0) is 0 Å². The molecule has 3 N–H and O–H groups in total. The average Bonchev–Trinajstić information content (AvgIpc) is 1.95. The van der Waals surface area contributed by atoms with Gasteiger partial charge >= 0.3 is 5.41 Å². The van der Waals surface area contributed by atoms with E-state index < -0.39 is 5.41 Å². The molecule has 5 nitrogen and oxygen atoms in total. The highest BCUT2D eigenvalue weighted by Crippen LogP contribution is 2.09. The smallest absolute Gasteiger partial charge is 0.312 e. The van der Waals surface area contributed by atoms with Gasteiger partial charge in [0.05, 0.1) is 0 Å². The Labute approximate surface area is 57.9 Å². The summed E-state index contributed by atoms with van der Waals surface area (Å²) in [5.41, 5.74) is -2.11. The van der Waals surface area contributed by atoms with Crippen molar-refractivity contribution in [2.45, 2.75) is 0 Å². The van der Waals surface area contributed by atoms with Gasteiger partial charge in [-0.25, -0.2) is 0 Å². The van der Waals surface area contributed by atoms with Crippen molar-refractivity contribution in [1.29, 1.82) is 21.0 Å². The first-order valence-corrected chi connectivity index (χ1v) is 1.89. The number of nitrogens with zero attached hydrogens (tertiary/aromatic N) is 4. The van der Waals surface area contributed by atoms with Crippen LogP contribution < -0.4 is 6.15 Å². The fraction of sp³-hybridized carbons (Fsp3) is 0.200. The largest absolute Gasteiger partial charge is 0.344 e. The van der Waals surface area contributed by atoms with Crippen LogP contribution in [0.5, 0.6) is 0 Å². The minimum atomic E-state index is -2.11. The summed E-state index contributed by atoms with van der Waals surface area (Å²) >= 11 is 0. The third kappa shape index (κ3) is 1.46. The zero-order valence-electron chi connectivity index (χ0n) is 5.00. The molecule has 10 heavy (non-hydrogen) atoms. The molecule has 0 saturated carbocycles. The van der Waals surface area contributed by atoms with Crippen LogP contribution in [0.15, 0.2) is 0 Å². The fourth-order valence-electron chi connectivity index (χ4n) is 0.150. The summed E-state index contributed by atoms with van der Waals surface area (Å²) in [7, 11) is 0. The van der Waals surface area contributed by atoms with E-state index in [0.29, 0.717) is 0 Å². The Bertz CT molecular complexity index is 203. The maximum Gasteiger partial charge on any atom is 0.312 e. The van der Waals surface area contributed by atoms with E-state index in [-0.39, 0.29) is 6.15 Å². The van der Waals surface area contributed by atoms with E-state index in [4.69, 9.17) is 21.0 Å². The van der Waals surface area contributed by atoms with Crippen molar-refractivity contribution in [3.63, 3.8) is 0 Å². The van der Waals surface area contributed by atoms with E-state index in [0.717, 1.165) is 0 Å². The maximum absolute atomic E-state index is 8.06. The Balaban J connectivity index is 0. The normalized spacial score (nSPS) is 6.80. The van der Waals surface area contributed by atoms with Crippen LogP contribution in [0.25, 0.3) is 0 Å². The van der Waals surface area contributed by atoms with Crippen LogP contribution in [0, 0.1) is 50.7 Å². The van der Waals surface area contributed by atoms with Crippen molar-refractivity contribution < 1.29 is 0 Å². The van der Waals surface area contributed by atoms with E-state index in [2.05, 4.69) is 0 Å². The van der Waals surface area contributed by atoms with Crippen molar-refractivity contribution in [3.8, 4) is 24.3 Å². The van der Waals surface area contributed by atoms with Crippen molar-refractivity contribution in [2.24, 2.45) is 5.41 Å². The molecule has 0 aromatic rings. The summed E-state index contributed by atoms with van der Waals surface area (Å²) < 4.78 is 0. The molecule has 0 amide bonds. The van der Waals surface area contributed by atoms with Gasteiger partial charge in [0, 0.05) is 0 Å². The summed E-state index contributed by atoms with van der Waals surface area (Å²) in [5, 5.41) is 32.2. The molecule has 0 saturated heterocycles. The Morgan fingerprint density at radius 3 is 0.900 bits per heavy atom. The quantitative estimate of drug-likeness (QED) is 0.505. The predicted octanol–water partition coefficient (Wildman–Crippen LogP) is 0.229. The molecule has 5 heteroatoms. The first-order valence-electron chi connectivity index (χ1n) is 1.89. The van der Waals surface area contributed by atoms with Crippen molar-refractivity contribution in [2.75, 3.05) is 0 Å². The van der Waals surface area contributed by atoms with Gasteiger partial charge in [0.25, 0.3) is 0 Å². The highest BCUT2D eigenvalue weighted by Gasteiger charge is 2.28. The highest BCUT2D eigenvalue weighted by atomic mass is 14.4. The number of nitriles is 4. The van der Waals surface area contributed by atoms with Crippen LogP contribution in [0.1, 0.15) is 0 Å². The molecule has 0 aliphatic rings. The SMILES string of the molecule is N.N#CC(C#N)(C#N)C#N. The van der Waals surface area contributed by atoms with Crippen molar-refractivity contribution in [3.05, 3.63) is 0 Å². The molecule has 0 radical (unpaired) electrons. The van der Waals surface area contributed by atoms with Gasteiger partial charge in [0.15, 0.2) is 0 Å². The van der Waals surface area contributed by atoms with Gasteiger partial charge in [0.2, 0.25) is 0 Å². The van der Waals surface area contributed by atoms with E-state index in [1.165, 1.54) is 24.3 Å². The van der Waals surface area contributed by atoms with Gasteiger partial charge in [-0.2, -0.15) is 21.0 Å². The molecule has 0 rings (SSSR count). The molecule has 0 unspecified atom stereocenters. The molecule has 0 fully saturated rings. The Morgan fingerprint density at radius 1 is 0.700 bits per heavy atom. The van der Waals surface area contributed by atoms with Crippen LogP contribution in [0.2, 0.25) is 0 Å². The minimum absolute atomic E-state index is 0. The molecule has 0 aromatic carbocycles. The first-order chi connectivity index (χ1) is 4.24. The first kappa shape index (κ1) is 10.8. The molecular formula is C5H3N5. The van der Waals surface area contributed by atoms with Crippen LogP contribution in [0.4, 0.5) is 0 Å². The molecule has 0 atom stereocenters. The standard InChI is InChI=1S/C5N4.H3N/c6-1-5(2-7,3-8)4-9;/h;1H3. The summed E-state index contributed by atoms with van der Waals surface area (Å²) in [6.45, 7) is 0. The number of hydrogen-bond acceptors (Lipinski definition) is 5. The lowest BCUT2D eigenvalue weighted by Gasteiger charge is -1.89. The molecule has 0 aromatic heterocycles. The third-order valence-corrected chi connectivity index (χ3v) is 0.671. The number of hydrogen-bond donors (Lipinski definition) is 1. The van der Waals surface area contributed by atoms with Gasteiger partial charge in [-0.3, -0.25) is 0 Å². The van der Waals surface area contributed by atoms with Crippen LogP contribution in [-0.2, 0) is 0 Å². The molecule has 48 valence electrons. The van der Waals surface area contributed by atoms with Gasteiger partial charge < -0.3 is 6.15 Å². The average molecular weight is 133 g/mol. The summed E-state index contributed by atoms with van der Waals surface area (Å²) in [6, 6.07) is 5.12. The molecule has 0 aliphatic carbocycles. The highest BCUT2D eigenvalue weighted by molar-refractivity contribution is 5.35. The lowest BCUT2D eigenvalue weighted by molar-refractivity contribution is 0.893. The second-order valence-electron chi connectivity index (χ2n) is 1.20. The fourth-order valence-corrected chi connectivity index (χ4v) is 0.150. The Hall–Kier alpha value is -2.08. The molecule has 0 bridgehead atoms. The molecule has 0 spiro atoms. The second-order valence-corrected chi connectivity index (χ2v) is 1.20. The summed E-state index contributed by atoms with van der Waals surface area (Å²) in [6.07, 6.45) is 0. The third-order valence-electron chi connectivity index (χ3n) is 0.671. The molecule has 0 aliphatic heterocycles. The van der Waals surface area contributed by atoms with Gasteiger partial charge in [-0.15, -0.1) is 0 Å². The summed E-state index contributed by atoms with van der Waals surface area (Å²) in [4.78, 5) is 0. The lowest BCUT2D eigenvalue weighted by Crippen LogP contribution is -2.08. The van der Waals surface area contributed by atoms with Crippen LogP contribution in [-0.4, -0.2) is 0 Å². The monoisotopic (exact) mass is 133 g/mol. The van der Waals surface area contributed by atoms with E-state index >= 15 is 0 Å². The summed E-state index contributed by atoms with van der Waals surface area (Å²) in [5.74, 6) is 0. The zero-order valence-corrected chi connectivity index (χ0v) is 5.00. The minimum Gasteiger partial charge on any atom is -0.344 e. The topological polar surface area (TPSA) is 130 Å². The zero-order chi connectivity index (χ0) is 7.33. The maximum atomic E-state index is 8.06. The van der Waals surface area contributed by atoms with Crippen LogP contribution >= 0.6 is 0 Å². The lowest BCUT2D eigenvalue weighted by atomic mass is 9.97. The van der Waals surface area contributed by atoms with E-state index in [9.17, 15) is 0 Å². The van der Waals surface area contributed by atoms with Crippen molar-refractivity contribution in [1.82, 2.24) is 6.15 Å².